The van der Waals surface area contributed by atoms with Gasteiger partial charge in [0.1, 0.15) is 5.82 Å². The van der Waals surface area contributed by atoms with Crippen LogP contribution in [0.15, 0.2) is 29.5 Å². The van der Waals surface area contributed by atoms with Crippen LogP contribution in [0.4, 0.5) is 53.0 Å². The number of nitrogens with two attached hydrogens (primary N) is 1. The molecule has 27 heteroatoms. The number of rotatable bonds is 10. The number of nitrogens with zero attached hydrogens (tertiary/aromatic N) is 14. The highest BCUT2D eigenvalue weighted by Gasteiger charge is 2.53. The highest BCUT2D eigenvalue weighted by Crippen LogP contribution is 2.44. The molecule has 0 bridgehead atoms. The van der Waals surface area contributed by atoms with Crippen molar-refractivity contribution < 1.29 is 45.8 Å². The van der Waals surface area contributed by atoms with Gasteiger partial charge in [-0.25, -0.2) is 32.5 Å². The van der Waals surface area contributed by atoms with Gasteiger partial charge < -0.3 is 58.5 Å². The van der Waals surface area contributed by atoms with Crippen LogP contribution in [-0.4, -0.2) is 186 Å². The van der Waals surface area contributed by atoms with Gasteiger partial charge in [-0.15, -0.1) is 0 Å². The fraction of sp³-hybridized carbons (Fsp3) is 0.667. The number of halogens is 5. The van der Waals surface area contributed by atoms with Crippen molar-refractivity contribution in [2.45, 2.75) is 127 Å². The van der Waals surface area contributed by atoms with E-state index in [2.05, 4.69) is 56.5 Å². The minimum Gasteiger partial charge on any atom is -0.399 e. The van der Waals surface area contributed by atoms with Crippen molar-refractivity contribution in [1.29, 1.82) is 0 Å². The predicted octanol–water partition coefficient (Wildman–Crippen LogP) is 6.49. The van der Waals surface area contributed by atoms with Crippen molar-refractivity contribution >= 4 is 65.9 Å². The topological polar surface area (TPSA) is 213 Å². The van der Waals surface area contributed by atoms with E-state index in [4.69, 9.17) is 55.6 Å². The van der Waals surface area contributed by atoms with Gasteiger partial charge >= 0.3 is 7.12 Å². The number of alkyl halides is 4. The minimum absolute atomic E-state index is 0.0296. The third kappa shape index (κ3) is 12.3. The minimum atomic E-state index is -2.73. The molecule has 4 aromatic rings. The Bertz CT molecular complexity index is 2730. The van der Waals surface area contributed by atoms with Gasteiger partial charge in [0.15, 0.2) is 11.6 Å². The molecule has 0 radical (unpaired) electrons. The number of morpholine rings is 4. The molecule has 2 atom stereocenters. The van der Waals surface area contributed by atoms with E-state index in [1.54, 1.807) is 19.0 Å². The van der Waals surface area contributed by atoms with Gasteiger partial charge in [-0.1, -0.05) is 0 Å². The molecule has 2 saturated carbocycles. The summed E-state index contributed by atoms with van der Waals surface area (Å²) in [6.07, 6.45) is 5.35. The molecule has 2 spiro atoms. The Kier molecular flexibility index (Phi) is 17.5. The molecule has 5 aliphatic heterocycles. The molecule has 0 unspecified atom stereocenters. The molecule has 0 aromatic carbocycles. The lowest BCUT2D eigenvalue weighted by atomic mass is 9.75. The smallest absolute Gasteiger partial charge is 0.399 e. The number of hydrogen-bond acceptors (Lipinski definition) is 20. The summed E-state index contributed by atoms with van der Waals surface area (Å²) in [5.74, 6) is 2.70. The average Bonchev–Trinajstić information content (AvgIpc) is 3.64. The Morgan fingerprint density at radius 1 is 0.679 bits per heavy atom. The summed E-state index contributed by atoms with van der Waals surface area (Å²) >= 11 is 6.21. The largest absolute Gasteiger partial charge is 0.496 e. The molecule has 7 fully saturated rings. The summed E-state index contributed by atoms with van der Waals surface area (Å²) in [5, 5.41) is 0.254. The van der Waals surface area contributed by atoms with Crippen LogP contribution in [0.3, 0.4) is 0 Å². The molecular formula is C51H71BClF4N15O6. The number of pyridine rings is 2. The van der Waals surface area contributed by atoms with Crippen LogP contribution in [0.5, 0.6) is 0 Å². The van der Waals surface area contributed by atoms with Crippen LogP contribution in [0.1, 0.15) is 104 Å². The first-order valence-electron chi connectivity index (χ1n) is 26.6. The fourth-order valence-corrected chi connectivity index (χ4v) is 10.5. The molecule has 2 aliphatic carbocycles. The summed E-state index contributed by atoms with van der Waals surface area (Å²) in [6.45, 7) is 19.6. The Morgan fingerprint density at radius 2 is 1.18 bits per heavy atom. The standard InChI is InChI=1S/C21H27F2N7O2.C15H22BF2N3O2.C15H22ClN5O2/c1-13-11-31-7-5-29(13)19-26-18(15-10-25-16(24)9-14(15)17(22)23)27-20(28-19)30-6-8-32-12-21(30)3-2-4-21;1-14(2)15(3,4)23-16(22-14)11-8-19-12(20-9-21(5)6)7-10(11)13(17)18;1-11-9-22-7-5-20(11)13-17-12(16)18-14(19-13)21-6-8-23-10-15(21)3-2-4-15/h9-10,13,17H,2-8,11-12H2,1H3,(H2,24,25);7-9,13H,1-6H3;11H,2-10H2,1H3/t13-;;11-/m1.1/s1. The maximum Gasteiger partial charge on any atom is 0.496 e. The molecule has 0 amide bonds. The zero-order chi connectivity index (χ0) is 55.6. The zero-order valence-electron chi connectivity index (χ0n) is 45.7. The highest BCUT2D eigenvalue weighted by molar-refractivity contribution is 6.62. The second-order valence-corrected chi connectivity index (χ2v) is 22.4. The van der Waals surface area contributed by atoms with Crippen molar-refractivity contribution in [3.63, 3.8) is 0 Å². The molecule has 424 valence electrons. The molecule has 11 rings (SSSR count). The Morgan fingerprint density at radius 3 is 1.68 bits per heavy atom. The van der Waals surface area contributed by atoms with Crippen LogP contribution in [-0.2, 0) is 28.3 Å². The number of aromatic nitrogens is 8. The number of anilines is 5. The van der Waals surface area contributed by atoms with Crippen molar-refractivity contribution in [3.05, 3.63) is 40.9 Å². The van der Waals surface area contributed by atoms with E-state index in [0.717, 1.165) is 51.8 Å². The monoisotopic (exact) mass is 1110 g/mol. The van der Waals surface area contributed by atoms with Crippen molar-refractivity contribution in [2.75, 3.05) is 118 Å². The average molecular weight is 1110 g/mol. The first kappa shape index (κ1) is 57.3. The molecule has 21 nitrogen and oxygen atoms in total. The highest BCUT2D eigenvalue weighted by atomic mass is 35.5. The number of ether oxygens (including phenoxy) is 4. The molecule has 4 aromatic heterocycles. The van der Waals surface area contributed by atoms with Gasteiger partial charge in [0.25, 0.3) is 12.9 Å². The third-order valence-corrected chi connectivity index (χ3v) is 16.0. The van der Waals surface area contributed by atoms with E-state index in [9.17, 15) is 17.6 Å². The number of nitrogen functional groups attached to an aromatic ring is 1. The van der Waals surface area contributed by atoms with Gasteiger partial charge in [0.2, 0.25) is 29.1 Å². The van der Waals surface area contributed by atoms with E-state index in [1.807, 2.05) is 39.5 Å². The van der Waals surface area contributed by atoms with Crippen LogP contribution < -0.4 is 30.8 Å². The second kappa shape index (κ2) is 23.8. The van der Waals surface area contributed by atoms with E-state index in [1.165, 1.54) is 37.3 Å². The molecular weight excluding hydrogens is 1040 g/mol. The lowest BCUT2D eigenvalue weighted by molar-refractivity contribution is 0.00578. The zero-order valence-corrected chi connectivity index (χ0v) is 46.4. The first-order valence-corrected chi connectivity index (χ1v) is 27.0. The molecule has 7 aliphatic rings. The first-order chi connectivity index (χ1) is 37.2. The van der Waals surface area contributed by atoms with Gasteiger partial charge in [-0.05, 0) is 104 Å². The van der Waals surface area contributed by atoms with Gasteiger partial charge in [-0.2, -0.15) is 29.9 Å². The summed E-state index contributed by atoms with van der Waals surface area (Å²) < 4.78 is 88.8. The summed E-state index contributed by atoms with van der Waals surface area (Å²) in [6, 6.07) is 2.74. The number of hydrogen-bond donors (Lipinski definition) is 1. The lowest BCUT2D eigenvalue weighted by Crippen LogP contribution is -2.61. The SMILES string of the molecule is CN(C)C=Nc1cc(C(F)F)c(B2OC(C)(C)C(C)(C)O2)cn1.C[C@@H]1COCCN1c1nc(-c2cnc(N)cc2C(F)F)nc(N2CCOCC23CCC3)n1.C[C@@H]1COCCN1c1nc(Cl)nc(N2CCOCC23CCC3)n1. The van der Waals surface area contributed by atoms with Crippen LogP contribution >= 0.6 is 11.6 Å². The van der Waals surface area contributed by atoms with E-state index >= 15 is 0 Å². The quantitative estimate of drug-likeness (QED) is 0.0778. The Balaban J connectivity index is 0.000000145. The molecule has 78 heavy (non-hydrogen) atoms. The van der Waals surface area contributed by atoms with E-state index in [-0.39, 0.29) is 68.1 Å². The Labute approximate surface area is 458 Å². The number of aliphatic imine (C=N–C) groups is 1. The van der Waals surface area contributed by atoms with Crippen LogP contribution in [0, 0.1) is 0 Å². The Hall–Kier alpha value is -5.38. The van der Waals surface area contributed by atoms with E-state index in [0.29, 0.717) is 83.1 Å². The second-order valence-electron chi connectivity index (χ2n) is 22.0. The van der Waals surface area contributed by atoms with Crippen molar-refractivity contribution in [2.24, 2.45) is 4.99 Å². The van der Waals surface area contributed by atoms with Gasteiger partial charge in [0.05, 0.1) is 93.6 Å². The summed E-state index contributed by atoms with van der Waals surface area (Å²) in [5.41, 5.74) is 4.37. The van der Waals surface area contributed by atoms with Gasteiger partial charge in [-0.3, -0.25) is 0 Å². The van der Waals surface area contributed by atoms with Crippen LogP contribution in [0.2, 0.25) is 5.28 Å². The predicted molar refractivity (Wildman–Crippen MR) is 289 cm³/mol. The summed E-state index contributed by atoms with van der Waals surface area (Å²) in [4.78, 5) is 50.1. The third-order valence-electron chi connectivity index (χ3n) is 15.9. The lowest BCUT2D eigenvalue weighted by Gasteiger charge is -2.52. The maximum absolute atomic E-state index is 13.8. The molecule has 9 heterocycles. The molecule has 5 saturated heterocycles. The maximum atomic E-state index is 13.8. The van der Waals surface area contributed by atoms with Crippen LogP contribution in [0.25, 0.3) is 11.4 Å². The van der Waals surface area contributed by atoms with Crippen molar-refractivity contribution in [3.8, 4) is 11.4 Å². The van der Waals surface area contributed by atoms with E-state index < -0.39 is 31.2 Å². The van der Waals surface area contributed by atoms with Crippen molar-refractivity contribution in [1.82, 2.24) is 44.8 Å². The van der Waals surface area contributed by atoms with Gasteiger partial charge in [0, 0.05) is 74.8 Å². The molecule has 2 N–H and O–H groups in total. The fourth-order valence-electron chi connectivity index (χ4n) is 10.4. The summed E-state index contributed by atoms with van der Waals surface area (Å²) in [7, 11) is 2.70. The normalized spacial score (nSPS) is 23.2.